The van der Waals surface area contributed by atoms with Gasteiger partial charge in [0.2, 0.25) is 0 Å². The number of rotatable bonds is 6. The molecule has 0 aliphatic heterocycles. The van der Waals surface area contributed by atoms with Crippen LogP contribution >= 0.6 is 0 Å². The predicted octanol–water partition coefficient (Wildman–Crippen LogP) is 3.04. The Morgan fingerprint density at radius 1 is 0.769 bits per heavy atom. The first kappa shape index (κ1) is 19.3. The summed E-state index contributed by atoms with van der Waals surface area (Å²) >= 11 is 0. The molecular formula is C21H20N2O3. The van der Waals surface area contributed by atoms with Crippen molar-refractivity contribution in [2.75, 3.05) is 0 Å². The topological polar surface area (TPSA) is 105 Å². The number of nitrogens with zero attached hydrogens (tertiary/aromatic N) is 2. The molecule has 26 heavy (non-hydrogen) atoms. The van der Waals surface area contributed by atoms with Crippen LogP contribution in [0.4, 0.5) is 0 Å². The molecule has 2 aromatic carbocycles. The van der Waals surface area contributed by atoms with Crippen molar-refractivity contribution in [3.8, 4) is 12.1 Å². The number of carbonyl (C=O) groups excluding carboxylic acids is 1. The van der Waals surface area contributed by atoms with Gasteiger partial charge in [-0.1, -0.05) is 38.1 Å². The molecule has 0 aromatic heterocycles. The molecule has 2 N–H and O–H groups in total. The van der Waals surface area contributed by atoms with Gasteiger partial charge < -0.3 is 10.2 Å². The van der Waals surface area contributed by atoms with E-state index in [2.05, 4.69) is 0 Å². The SMILES string of the molecule is C[C@H](C(=O)[C@@H](C)[C@@H](O)c1ccc(C#N)cc1)[C@@H](O)c1ccc(C#N)cc1. The molecule has 2 rings (SSSR count). The van der Waals surface area contributed by atoms with Gasteiger partial charge >= 0.3 is 0 Å². The van der Waals surface area contributed by atoms with Crippen LogP contribution in [0.15, 0.2) is 48.5 Å². The van der Waals surface area contributed by atoms with Crippen molar-refractivity contribution in [1.82, 2.24) is 0 Å². The predicted molar refractivity (Wildman–Crippen MR) is 95.6 cm³/mol. The molecule has 0 fully saturated rings. The van der Waals surface area contributed by atoms with Crippen molar-refractivity contribution in [3.63, 3.8) is 0 Å². The average molecular weight is 348 g/mol. The van der Waals surface area contributed by atoms with Gasteiger partial charge in [-0.15, -0.1) is 0 Å². The van der Waals surface area contributed by atoms with E-state index in [1.807, 2.05) is 12.1 Å². The normalized spacial score (nSPS) is 15.2. The minimum atomic E-state index is -1.02. The maximum Gasteiger partial charge on any atom is 0.144 e. The van der Waals surface area contributed by atoms with Gasteiger partial charge in [-0.05, 0) is 35.4 Å². The Bertz CT molecular complexity index is 773. The van der Waals surface area contributed by atoms with Crippen molar-refractivity contribution in [2.24, 2.45) is 11.8 Å². The number of aliphatic hydroxyl groups is 2. The van der Waals surface area contributed by atoms with Gasteiger partial charge in [-0.2, -0.15) is 10.5 Å². The quantitative estimate of drug-likeness (QED) is 0.835. The molecule has 0 aliphatic carbocycles. The van der Waals surface area contributed by atoms with Crippen LogP contribution in [-0.2, 0) is 4.79 Å². The molecule has 2 aromatic rings. The van der Waals surface area contributed by atoms with E-state index in [9.17, 15) is 15.0 Å². The first-order valence-electron chi connectivity index (χ1n) is 8.29. The maximum atomic E-state index is 12.7. The number of Topliss-reactive ketones (excluding diaryl/α,β-unsaturated/α-hetero) is 1. The molecule has 0 saturated heterocycles. The lowest BCUT2D eigenvalue weighted by Gasteiger charge is -2.25. The molecule has 0 amide bonds. The zero-order valence-electron chi connectivity index (χ0n) is 14.6. The van der Waals surface area contributed by atoms with Crippen molar-refractivity contribution in [3.05, 3.63) is 70.8 Å². The lowest BCUT2D eigenvalue weighted by molar-refractivity contribution is -0.132. The highest BCUT2D eigenvalue weighted by atomic mass is 16.3. The Morgan fingerprint density at radius 3 is 1.35 bits per heavy atom. The summed E-state index contributed by atoms with van der Waals surface area (Å²) in [6.45, 7) is 3.24. The lowest BCUT2D eigenvalue weighted by atomic mass is 9.83. The largest absolute Gasteiger partial charge is 0.388 e. The third-order valence-electron chi connectivity index (χ3n) is 4.61. The Labute approximate surface area is 152 Å². The molecule has 132 valence electrons. The highest BCUT2D eigenvalue weighted by Crippen LogP contribution is 2.30. The standard InChI is InChI=1S/C21H20N2O3/c1-13(20(25)17-7-3-15(11-22)4-8-17)19(24)14(2)21(26)18-9-5-16(12-23)6-10-18/h3-10,13-14,20-21,25-26H,1-2H3/t13-,14-,20-,21-/m1/s1. The first-order valence-corrected chi connectivity index (χ1v) is 8.29. The van der Waals surface area contributed by atoms with Crippen LogP contribution in [0.3, 0.4) is 0 Å². The van der Waals surface area contributed by atoms with E-state index in [-0.39, 0.29) is 5.78 Å². The van der Waals surface area contributed by atoms with Crippen molar-refractivity contribution >= 4 is 5.78 Å². The minimum absolute atomic E-state index is 0.265. The second kappa shape index (κ2) is 8.40. The number of ketones is 1. The molecule has 0 aliphatic rings. The highest BCUT2D eigenvalue weighted by molar-refractivity contribution is 5.84. The van der Waals surface area contributed by atoms with Gasteiger partial charge in [0.05, 0.1) is 35.5 Å². The van der Waals surface area contributed by atoms with Crippen molar-refractivity contribution in [1.29, 1.82) is 10.5 Å². The summed E-state index contributed by atoms with van der Waals surface area (Å²) in [5, 5.41) is 38.6. The molecule has 5 nitrogen and oxygen atoms in total. The van der Waals surface area contributed by atoms with E-state index in [1.165, 1.54) is 0 Å². The summed E-state index contributed by atoms with van der Waals surface area (Å²) in [5.74, 6) is -1.70. The van der Waals surface area contributed by atoms with Crippen LogP contribution in [0.1, 0.15) is 48.3 Å². The summed E-state index contributed by atoms with van der Waals surface area (Å²) < 4.78 is 0. The molecule has 0 saturated carbocycles. The summed E-state index contributed by atoms with van der Waals surface area (Å²) in [6.07, 6.45) is -2.04. The molecule has 4 atom stereocenters. The molecule has 0 heterocycles. The zero-order valence-corrected chi connectivity index (χ0v) is 14.6. The Kier molecular flexibility index (Phi) is 6.25. The van der Waals surface area contributed by atoms with Crippen LogP contribution in [0.25, 0.3) is 0 Å². The van der Waals surface area contributed by atoms with E-state index in [1.54, 1.807) is 62.4 Å². The number of aliphatic hydroxyl groups excluding tert-OH is 2. The van der Waals surface area contributed by atoms with Crippen molar-refractivity contribution < 1.29 is 15.0 Å². The number of carbonyl (C=O) groups is 1. The summed E-state index contributed by atoms with van der Waals surface area (Å²) in [5.41, 5.74) is 2.05. The fourth-order valence-corrected chi connectivity index (χ4v) is 2.81. The zero-order chi connectivity index (χ0) is 19.3. The monoisotopic (exact) mass is 348 g/mol. The van der Waals surface area contributed by atoms with Gasteiger partial charge in [-0.25, -0.2) is 0 Å². The third-order valence-corrected chi connectivity index (χ3v) is 4.61. The number of hydrogen-bond acceptors (Lipinski definition) is 5. The van der Waals surface area contributed by atoms with E-state index >= 15 is 0 Å². The van der Waals surface area contributed by atoms with Crippen LogP contribution in [0.5, 0.6) is 0 Å². The smallest absolute Gasteiger partial charge is 0.144 e. The fraction of sp³-hybridized carbons (Fsp3) is 0.286. The molecule has 0 spiro atoms. The molecule has 0 bridgehead atoms. The molecule has 0 radical (unpaired) electrons. The molecule has 0 unspecified atom stereocenters. The fourth-order valence-electron chi connectivity index (χ4n) is 2.81. The van der Waals surface area contributed by atoms with Crippen LogP contribution in [-0.4, -0.2) is 16.0 Å². The molecule has 5 heteroatoms. The summed E-state index contributed by atoms with van der Waals surface area (Å²) in [6, 6.07) is 16.8. The van der Waals surface area contributed by atoms with Crippen LogP contribution in [0, 0.1) is 34.5 Å². The van der Waals surface area contributed by atoms with Gasteiger partial charge in [0.15, 0.2) is 0 Å². The Balaban J connectivity index is 2.11. The van der Waals surface area contributed by atoms with E-state index in [0.717, 1.165) is 0 Å². The molecular weight excluding hydrogens is 328 g/mol. The van der Waals surface area contributed by atoms with Gasteiger partial charge in [0.1, 0.15) is 5.78 Å². The highest BCUT2D eigenvalue weighted by Gasteiger charge is 2.31. The number of benzene rings is 2. The minimum Gasteiger partial charge on any atom is -0.388 e. The van der Waals surface area contributed by atoms with Crippen molar-refractivity contribution in [2.45, 2.75) is 26.1 Å². The second-order valence-corrected chi connectivity index (χ2v) is 6.34. The van der Waals surface area contributed by atoms with Gasteiger partial charge in [0.25, 0.3) is 0 Å². The third kappa shape index (κ3) is 4.15. The Hall–Kier alpha value is -2.99. The number of nitriles is 2. The van der Waals surface area contributed by atoms with E-state index in [0.29, 0.717) is 22.3 Å². The van der Waals surface area contributed by atoms with E-state index < -0.39 is 24.0 Å². The lowest BCUT2D eigenvalue weighted by Crippen LogP contribution is -2.28. The summed E-state index contributed by atoms with van der Waals surface area (Å²) in [4.78, 5) is 12.7. The second-order valence-electron chi connectivity index (χ2n) is 6.34. The maximum absolute atomic E-state index is 12.7. The number of hydrogen-bond donors (Lipinski definition) is 2. The summed E-state index contributed by atoms with van der Waals surface area (Å²) in [7, 11) is 0. The van der Waals surface area contributed by atoms with Gasteiger partial charge in [-0.3, -0.25) is 4.79 Å². The first-order chi connectivity index (χ1) is 12.4. The Morgan fingerprint density at radius 2 is 1.08 bits per heavy atom. The van der Waals surface area contributed by atoms with Crippen LogP contribution < -0.4 is 0 Å². The van der Waals surface area contributed by atoms with Gasteiger partial charge in [0, 0.05) is 11.8 Å². The van der Waals surface area contributed by atoms with Crippen LogP contribution in [0.2, 0.25) is 0 Å². The van der Waals surface area contributed by atoms with E-state index in [4.69, 9.17) is 10.5 Å². The average Bonchev–Trinajstić information content (AvgIpc) is 2.71.